The largest absolute Gasteiger partial charge is 0.435 e. The lowest BCUT2D eigenvalue weighted by Crippen LogP contribution is -2.48. The topological polar surface area (TPSA) is 75.9 Å². The second-order valence-electron chi connectivity index (χ2n) is 5.93. The second kappa shape index (κ2) is 7.98. The van der Waals surface area contributed by atoms with Gasteiger partial charge in [0.2, 0.25) is 0 Å². The zero-order valence-electron chi connectivity index (χ0n) is 14.3. The van der Waals surface area contributed by atoms with Crippen molar-refractivity contribution < 1.29 is 23.2 Å². The van der Waals surface area contributed by atoms with Gasteiger partial charge in [-0.25, -0.2) is 0 Å². The number of nitro benzene ring substituents is 1. The van der Waals surface area contributed by atoms with Crippen LogP contribution in [0.2, 0.25) is 0 Å². The minimum absolute atomic E-state index is 0.0113. The van der Waals surface area contributed by atoms with Gasteiger partial charge in [0.1, 0.15) is 11.4 Å². The normalized spacial score (nSPS) is 14.3. The number of amides is 1. The summed E-state index contributed by atoms with van der Waals surface area (Å²) in [6.07, 6.45) is 0. The van der Waals surface area contributed by atoms with E-state index in [0.29, 0.717) is 37.4 Å². The first-order valence-electron chi connectivity index (χ1n) is 8.28. The third-order valence-corrected chi connectivity index (χ3v) is 4.31. The molecule has 0 aromatic heterocycles. The number of rotatable bonds is 5. The molecule has 2 aromatic rings. The molecule has 7 nitrogen and oxygen atoms in total. The van der Waals surface area contributed by atoms with Crippen molar-refractivity contribution in [3.8, 4) is 5.75 Å². The van der Waals surface area contributed by atoms with E-state index in [0.717, 1.165) is 0 Å². The second-order valence-corrected chi connectivity index (χ2v) is 5.93. The number of alkyl halides is 2. The molecule has 0 aliphatic carbocycles. The van der Waals surface area contributed by atoms with E-state index in [9.17, 15) is 23.7 Å². The van der Waals surface area contributed by atoms with Gasteiger partial charge in [0.25, 0.3) is 11.6 Å². The smallest absolute Gasteiger partial charge is 0.387 e. The molecule has 1 aliphatic heterocycles. The molecular formula is C18H17F2N3O4. The molecule has 0 bridgehead atoms. The van der Waals surface area contributed by atoms with Gasteiger partial charge in [-0.3, -0.25) is 14.9 Å². The summed E-state index contributed by atoms with van der Waals surface area (Å²) in [5, 5.41) is 11.2. The van der Waals surface area contributed by atoms with Crippen molar-refractivity contribution in [1.82, 2.24) is 4.90 Å². The number of halogens is 2. The van der Waals surface area contributed by atoms with Crippen LogP contribution in [-0.4, -0.2) is 48.5 Å². The van der Waals surface area contributed by atoms with Gasteiger partial charge in [0.15, 0.2) is 0 Å². The molecule has 9 heteroatoms. The average molecular weight is 377 g/mol. The summed E-state index contributed by atoms with van der Waals surface area (Å²) >= 11 is 0. The fraction of sp³-hybridized carbons (Fsp3) is 0.278. The highest BCUT2D eigenvalue weighted by molar-refractivity contribution is 5.94. The van der Waals surface area contributed by atoms with Crippen LogP contribution in [0.15, 0.2) is 48.5 Å². The Bertz CT molecular complexity index is 822. The van der Waals surface area contributed by atoms with Crippen molar-refractivity contribution in [2.75, 3.05) is 31.1 Å². The lowest BCUT2D eigenvalue weighted by atomic mass is 10.1. The molecule has 1 amide bonds. The van der Waals surface area contributed by atoms with Crippen LogP contribution < -0.4 is 9.64 Å². The van der Waals surface area contributed by atoms with Crippen LogP contribution in [0.5, 0.6) is 5.75 Å². The van der Waals surface area contributed by atoms with E-state index in [1.54, 1.807) is 23.1 Å². The van der Waals surface area contributed by atoms with Crippen molar-refractivity contribution in [2.24, 2.45) is 0 Å². The Balaban J connectivity index is 1.64. The van der Waals surface area contributed by atoms with E-state index < -0.39 is 11.5 Å². The first kappa shape index (κ1) is 18.6. The number of carbonyl (C=O) groups excluding carboxylic acids is 1. The van der Waals surface area contributed by atoms with E-state index in [2.05, 4.69) is 4.74 Å². The fourth-order valence-electron chi connectivity index (χ4n) is 3.00. The van der Waals surface area contributed by atoms with E-state index in [4.69, 9.17) is 0 Å². The SMILES string of the molecule is O=C(c1ccc(OC(F)F)cc1)N1CCN(c2ccccc2[N+](=O)[O-])CC1. The molecule has 0 unspecified atom stereocenters. The van der Waals surface area contributed by atoms with Crippen molar-refractivity contribution in [3.63, 3.8) is 0 Å². The van der Waals surface area contributed by atoms with Gasteiger partial charge in [0, 0.05) is 37.8 Å². The van der Waals surface area contributed by atoms with Crippen molar-refractivity contribution >= 4 is 17.3 Å². The van der Waals surface area contributed by atoms with Crippen LogP contribution >= 0.6 is 0 Å². The van der Waals surface area contributed by atoms with E-state index in [1.807, 2.05) is 4.90 Å². The predicted octanol–water partition coefficient (Wildman–Crippen LogP) is 3.16. The van der Waals surface area contributed by atoms with Gasteiger partial charge >= 0.3 is 6.61 Å². The van der Waals surface area contributed by atoms with Crippen LogP contribution in [0.4, 0.5) is 20.2 Å². The fourth-order valence-corrected chi connectivity index (χ4v) is 3.00. The molecule has 0 atom stereocenters. The van der Waals surface area contributed by atoms with Crippen LogP contribution in [-0.2, 0) is 0 Å². The van der Waals surface area contributed by atoms with Gasteiger partial charge in [-0.2, -0.15) is 8.78 Å². The number of piperazine rings is 1. The quantitative estimate of drug-likeness (QED) is 0.591. The van der Waals surface area contributed by atoms with Gasteiger partial charge in [0.05, 0.1) is 4.92 Å². The summed E-state index contributed by atoms with van der Waals surface area (Å²) in [5.74, 6) is -0.233. The molecule has 2 aromatic carbocycles. The Morgan fingerprint density at radius 1 is 1.04 bits per heavy atom. The summed E-state index contributed by atoms with van der Waals surface area (Å²) in [7, 11) is 0. The minimum atomic E-state index is -2.92. The Morgan fingerprint density at radius 3 is 2.26 bits per heavy atom. The van der Waals surface area contributed by atoms with Crippen molar-refractivity contribution in [2.45, 2.75) is 6.61 Å². The number of benzene rings is 2. The van der Waals surface area contributed by atoms with Crippen LogP contribution in [0.3, 0.4) is 0 Å². The number of hydrogen-bond acceptors (Lipinski definition) is 5. The van der Waals surface area contributed by atoms with Crippen LogP contribution in [0, 0.1) is 10.1 Å². The monoisotopic (exact) mass is 377 g/mol. The molecule has 1 heterocycles. The Labute approximate surface area is 153 Å². The highest BCUT2D eigenvalue weighted by Crippen LogP contribution is 2.28. The zero-order chi connectivity index (χ0) is 19.4. The standard InChI is InChI=1S/C18H17F2N3O4/c19-18(20)27-14-7-5-13(6-8-14)17(24)22-11-9-21(10-12-22)15-3-1-2-4-16(15)23(25)26/h1-8,18H,9-12H2. The average Bonchev–Trinajstić information content (AvgIpc) is 2.68. The maximum Gasteiger partial charge on any atom is 0.387 e. The maximum atomic E-state index is 12.6. The molecule has 3 rings (SSSR count). The first-order valence-corrected chi connectivity index (χ1v) is 8.28. The Hall–Kier alpha value is -3.23. The maximum absolute atomic E-state index is 12.6. The van der Waals surface area contributed by atoms with Crippen molar-refractivity contribution in [1.29, 1.82) is 0 Å². The van der Waals surface area contributed by atoms with Crippen LogP contribution in [0.1, 0.15) is 10.4 Å². The molecular weight excluding hydrogens is 360 g/mol. The molecule has 0 spiro atoms. The molecule has 0 radical (unpaired) electrons. The number of nitrogens with zero attached hydrogens (tertiary/aromatic N) is 3. The third kappa shape index (κ3) is 4.30. The summed E-state index contributed by atoms with van der Waals surface area (Å²) in [6, 6.07) is 12.0. The summed E-state index contributed by atoms with van der Waals surface area (Å²) in [6.45, 7) is -1.19. The molecule has 0 saturated carbocycles. The zero-order valence-corrected chi connectivity index (χ0v) is 14.3. The molecule has 27 heavy (non-hydrogen) atoms. The summed E-state index contributed by atoms with van der Waals surface area (Å²) < 4.78 is 28.6. The number of anilines is 1. The molecule has 1 aliphatic rings. The summed E-state index contributed by atoms with van der Waals surface area (Å²) in [5.41, 5.74) is 0.936. The predicted molar refractivity (Wildman–Crippen MR) is 94.3 cm³/mol. The molecule has 1 fully saturated rings. The minimum Gasteiger partial charge on any atom is -0.435 e. The third-order valence-electron chi connectivity index (χ3n) is 4.31. The lowest BCUT2D eigenvalue weighted by Gasteiger charge is -2.35. The van der Waals surface area contributed by atoms with Gasteiger partial charge in [-0.15, -0.1) is 0 Å². The number of carbonyl (C=O) groups is 1. The van der Waals surface area contributed by atoms with Gasteiger partial charge in [-0.1, -0.05) is 12.1 Å². The van der Waals surface area contributed by atoms with Crippen LogP contribution in [0.25, 0.3) is 0 Å². The Kier molecular flexibility index (Phi) is 5.49. The molecule has 142 valence electrons. The number of nitro groups is 1. The lowest BCUT2D eigenvalue weighted by molar-refractivity contribution is -0.384. The van der Waals surface area contributed by atoms with Gasteiger partial charge < -0.3 is 14.5 Å². The molecule has 0 N–H and O–H groups in total. The number of ether oxygens (including phenoxy) is 1. The van der Waals surface area contributed by atoms with Crippen molar-refractivity contribution in [3.05, 3.63) is 64.2 Å². The van der Waals surface area contributed by atoms with E-state index in [-0.39, 0.29) is 17.3 Å². The number of hydrogen-bond donors (Lipinski definition) is 0. The number of para-hydroxylation sites is 2. The van der Waals surface area contributed by atoms with E-state index in [1.165, 1.54) is 30.3 Å². The highest BCUT2D eigenvalue weighted by atomic mass is 19.3. The Morgan fingerprint density at radius 2 is 1.67 bits per heavy atom. The van der Waals surface area contributed by atoms with Gasteiger partial charge in [-0.05, 0) is 30.3 Å². The first-order chi connectivity index (χ1) is 13.0. The molecule has 1 saturated heterocycles. The summed E-state index contributed by atoms with van der Waals surface area (Å²) in [4.78, 5) is 26.8. The highest BCUT2D eigenvalue weighted by Gasteiger charge is 2.26. The van der Waals surface area contributed by atoms with E-state index >= 15 is 0 Å².